The fraction of sp³-hybridized carbons (Fsp3) is 0.143. The van der Waals surface area contributed by atoms with Gasteiger partial charge < -0.3 is 11.5 Å². The quantitative estimate of drug-likeness (QED) is 0.562. The summed E-state index contributed by atoms with van der Waals surface area (Å²) in [7, 11) is -9.07. The first-order valence-corrected chi connectivity index (χ1v) is 9.55. The third-order valence-corrected chi connectivity index (χ3v) is 5.35. The second-order valence-electron chi connectivity index (χ2n) is 5.08. The van der Waals surface area contributed by atoms with Crippen LogP contribution in [0.2, 0.25) is 0 Å². The summed E-state index contributed by atoms with van der Waals surface area (Å²) in [5.74, 6) is 0. The Kier molecular flexibility index (Phi) is 5.08. The summed E-state index contributed by atoms with van der Waals surface area (Å²) >= 11 is 0. The molecule has 0 aliphatic carbocycles. The summed E-state index contributed by atoms with van der Waals surface area (Å²) < 4.78 is 64.5. The molecule has 6 N–H and O–H groups in total. The smallest absolute Gasteiger partial charge is 0.294 e. The molecule has 0 bridgehead atoms. The predicted octanol–water partition coefficient (Wildman–Crippen LogP) is 0.880. The van der Waals surface area contributed by atoms with Crippen LogP contribution in [0.25, 0.3) is 0 Å². The summed E-state index contributed by atoms with van der Waals surface area (Å²) in [6.45, 7) is 0. The lowest BCUT2D eigenvalue weighted by molar-refractivity contribution is 0.471. The van der Waals surface area contributed by atoms with E-state index in [2.05, 4.69) is 0 Å². The summed E-state index contributed by atoms with van der Waals surface area (Å²) in [6, 6.07) is 8.56. The Morgan fingerprint density at radius 3 is 1.25 bits per heavy atom. The SMILES string of the molecule is NC(c1ccccc1S(=O)(=O)O)C(N)c1ccccc1S(=O)(=O)O. The van der Waals surface area contributed by atoms with Crippen molar-refractivity contribution in [2.75, 3.05) is 0 Å². The van der Waals surface area contributed by atoms with Crippen LogP contribution in [0.3, 0.4) is 0 Å². The van der Waals surface area contributed by atoms with E-state index in [4.69, 9.17) is 11.5 Å². The van der Waals surface area contributed by atoms with Gasteiger partial charge in [0.25, 0.3) is 20.2 Å². The fourth-order valence-electron chi connectivity index (χ4n) is 2.37. The molecular weight excluding hydrogens is 356 g/mol. The maximum Gasteiger partial charge on any atom is 0.294 e. The van der Waals surface area contributed by atoms with Crippen molar-refractivity contribution >= 4 is 20.2 Å². The Labute approximate surface area is 139 Å². The summed E-state index contributed by atoms with van der Waals surface area (Å²) in [4.78, 5) is -0.838. The van der Waals surface area contributed by atoms with Crippen molar-refractivity contribution in [3.05, 3.63) is 59.7 Å². The van der Waals surface area contributed by atoms with Gasteiger partial charge in [0.2, 0.25) is 0 Å². The van der Waals surface area contributed by atoms with Gasteiger partial charge in [0.15, 0.2) is 0 Å². The third kappa shape index (κ3) is 3.80. The van der Waals surface area contributed by atoms with Crippen molar-refractivity contribution in [3.8, 4) is 0 Å². The van der Waals surface area contributed by atoms with Crippen LogP contribution >= 0.6 is 0 Å². The Balaban J connectivity index is 2.56. The topological polar surface area (TPSA) is 161 Å². The normalized spacial score (nSPS) is 15.0. The van der Waals surface area contributed by atoms with Gasteiger partial charge in [-0.25, -0.2) is 0 Å². The van der Waals surface area contributed by atoms with Crippen LogP contribution in [-0.4, -0.2) is 25.9 Å². The maximum atomic E-state index is 11.5. The molecule has 0 heterocycles. The molecule has 10 heteroatoms. The molecule has 0 aliphatic heterocycles. The van der Waals surface area contributed by atoms with Crippen LogP contribution in [0.5, 0.6) is 0 Å². The van der Waals surface area contributed by atoms with Crippen molar-refractivity contribution in [2.45, 2.75) is 21.9 Å². The minimum Gasteiger partial charge on any atom is -0.322 e. The molecule has 0 saturated heterocycles. The highest BCUT2D eigenvalue weighted by Crippen LogP contribution is 2.32. The average molecular weight is 372 g/mol. The second-order valence-corrected chi connectivity index (χ2v) is 7.86. The first-order chi connectivity index (χ1) is 11.0. The van der Waals surface area contributed by atoms with Gasteiger partial charge >= 0.3 is 0 Å². The molecule has 2 aromatic rings. The van der Waals surface area contributed by atoms with Gasteiger partial charge in [-0.15, -0.1) is 0 Å². The molecule has 2 aromatic carbocycles. The lowest BCUT2D eigenvalue weighted by atomic mass is 9.95. The van der Waals surface area contributed by atoms with E-state index >= 15 is 0 Å². The van der Waals surface area contributed by atoms with Crippen LogP contribution < -0.4 is 11.5 Å². The molecular formula is C14H16N2O6S2. The Bertz CT molecular complexity index is 877. The van der Waals surface area contributed by atoms with E-state index in [9.17, 15) is 25.9 Å². The van der Waals surface area contributed by atoms with E-state index in [0.29, 0.717) is 0 Å². The van der Waals surface area contributed by atoms with E-state index in [1.807, 2.05) is 0 Å². The zero-order chi connectivity index (χ0) is 18.1. The van der Waals surface area contributed by atoms with Crippen molar-refractivity contribution in [2.24, 2.45) is 11.5 Å². The van der Waals surface area contributed by atoms with Crippen molar-refractivity contribution < 1.29 is 25.9 Å². The summed E-state index contributed by atoms with van der Waals surface area (Å²) in [6.07, 6.45) is 0. The number of hydrogen-bond acceptors (Lipinski definition) is 6. The molecule has 8 nitrogen and oxygen atoms in total. The Morgan fingerprint density at radius 1 is 0.667 bits per heavy atom. The van der Waals surface area contributed by atoms with Gasteiger partial charge in [0.1, 0.15) is 0 Å². The molecule has 0 saturated carbocycles. The van der Waals surface area contributed by atoms with E-state index in [1.165, 1.54) is 36.4 Å². The van der Waals surface area contributed by atoms with E-state index in [1.54, 1.807) is 0 Å². The molecule has 0 amide bonds. The molecule has 2 atom stereocenters. The first kappa shape index (κ1) is 18.5. The fourth-order valence-corrected chi connectivity index (χ4v) is 3.87. The lowest BCUT2D eigenvalue weighted by Crippen LogP contribution is -2.29. The van der Waals surface area contributed by atoms with E-state index in [0.717, 1.165) is 12.1 Å². The average Bonchev–Trinajstić information content (AvgIpc) is 2.52. The van der Waals surface area contributed by atoms with Gasteiger partial charge in [0, 0.05) is 0 Å². The Morgan fingerprint density at radius 2 is 0.958 bits per heavy atom. The molecule has 2 rings (SSSR count). The zero-order valence-corrected chi connectivity index (χ0v) is 13.9. The monoisotopic (exact) mass is 372 g/mol. The van der Waals surface area contributed by atoms with Crippen LogP contribution in [0, 0.1) is 0 Å². The number of hydrogen-bond donors (Lipinski definition) is 4. The van der Waals surface area contributed by atoms with Crippen LogP contribution in [0.1, 0.15) is 23.2 Å². The van der Waals surface area contributed by atoms with Crippen molar-refractivity contribution in [3.63, 3.8) is 0 Å². The Hall–Kier alpha value is -1.82. The minimum absolute atomic E-state index is 0.0256. The van der Waals surface area contributed by atoms with Crippen LogP contribution in [0.15, 0.2) is 58.3 Å². The lowest BCUT2D eigenvalue weighted by Gasteiger charge is -2.23. The highest BCUT2D eigenvalue weighted by atomic mass is 32.2. The van der Waals surface area contributed by atoms with Gasteiger partial charge in [-0.05, 0) is 23.3 Å². The third-order valence-electron chi connectivity index (χ3n) is 3.50. The highest BCUT2D eigenvalue weighted by molar-refractivity contribution is 7.86. The molecule has 0 aliphatic rings. The molecule has 0 radical (unpaired) electrons. The second kappa shape index (κ2) is 6.59. The number of rotatable bonds is 5. The van der Waals surface area contributed by atoms with Crippen LogP contribution in [-0.2, 0) is 20.2 Å². The first-order valence-electron chi connectivity index (χ1n) is 6.67. The minimum atomic E-state index is -4.54. The highest BCUT2D eigenvalue weighted by Gasteiger charge is 2.28. The molecule has 130 valence electrons. The number of benzene rings is 2. The standard InChI is InChI=1S/C14H16N2O6S2/c15-13(9-5-1-3-7-11(9)23(17,18)19)14(16)10-6-2-4-8-12(10)24(20,21)22/h1-8,13-14H,15-16H2,(H,17,18,19)(H,20,21,22). The molecule has 0 aromatic heterocycles. The van der Waals surface area contributed by atoms with Crippen molar-refractivity contribution in [1.29, 1.82) is 0 Å². The summed E-state index contributed by atoms with van der Waals surface area (Å²) in [5, 5.41) is 0. The van der Waals surface area contributed by atoms with Gasteiger partial charge in [-0.1, -0.05) is 36.4 Å². The molecule has 24 heavy (non-hydrogen) atoms. The van der Waals surface area contributed by atoms with E-state index in [-0.39, 0.29) is 11.1 Å². The van der Waals surface area contributed by atoms with Crippen molar-refractivity contribution in [1.82, 2.24) is 0 Å². The maximum absolute atomic E-state index is 11.5. The summed E-state index contributed by atoms with van der Waals surface area (Å²) in [5.41, 5.74) is 12.1. The molecule has 0 spiro atoms. The number of nitrogens with two attached hydrogens (primary N) is 2. The van der Waals surface area contributed by atoms with Crippen LogP contribution in [0.4, 0.5) is 0 Å². The molecule has 0 fully saturated rings. The largest absolute Gasteiger partial charge is 0.322 e. The van der Waals surface area contributed by atoms with Gasteiger partial charge in [-0.2, -0.15) is 16.8 Å². The van der Waals surface area contributed by atoms with E-state index < -0.39 is 42.1 Å². The van der Waals surface area contributed by atoms with Gasteiger partial charge in [0.05, 0.1) is 21.9 Å². The predicted molar refractivity (Wildman–Crippen MR) is 86.4 cm³/mol. The molecule has 2 unspecified atom stereocenters. The van der Waals surface area contributed by atoms with Gasteiger partial charge in [-0.3, -0.25) is 9.11 Å². The zero-order valence-electron chi connectivity index (χ0n) is 12.3.